The topological polar surface area (TPSA) is 86.8 Å². The van der Waals surface area contributed by atoms with E-state index in [1.165, 1.54) is 21.3 Å². The monoisotopic (exact) mass is 595 g/mol. The van der Waals surface area contributed by atoms with E-state index in [9.17, 15) is 22.4 Å². The number of hydrogen-bond acceptors (Lipinski definition) is 4. The molecule has 0 spiro atoms. The van der Waals surface area contributed by atoms with Crippen molar-refractivity contribution < 1.29 is 22.4 Å². The summed E-state index contributed by atoms with van der Waals surface area (Å²) < 4.78 is 40.4. The molecule has 0 aliphatic heterocycles. The molecule has 0 fully saturated rings. The number of amides is 2. The summed E-state index contributed by atoms with van der Waals surface area (Å²) in [6.07, 6.45) is 1.74. The van der Waals surface area contributed by atoms with Crippen LogP contribution in [0.2, 0.25) is 0 Å². The standard InChI is InChI=1S/C33H42FN3O4S/c1-24(2)22-35-33(39)31(21-27-10-7-6-8-11-27)36(23-28-13-15-29(34)16-14-28)32(38)12-9-17-37(42(5,40)41)30-19-25(3)18-26(4)20-30/h6-8,10-11,13-16,18-20,24,31H,9,12,17,21-23H2,1-5H3,(H,35,39). The maximum absolute atomic E-state index is 13.9. The number of aryl methyl sites for hydroxylation is 2. The zero-order valence-corrected chi connectivity index (χ0v) is 26.0. The molecule has 226 valence electrons. The summed E-state index contributed by atoms with van der Waals surface area (Å²) in [6.45, 7) is 8.49. The van der Waals surface area contributed by atoms with Gasteiger partial charge in [0.25, 0.3) is 0 Å². The van der Waals surface area contributed by atoms with Crippen LogP contribution in [0.3, 0.4) is 0 Å². The van der Waals surface area contributed by atoms with E-state index in [1.54, 1.807) is 12.1 Å². The Hall–Kier alpha value is -3.72. The Balaban J connectivity index is 1.89. The van der Waals surface area contributed by atoms with Crippen LogP contribution in [0.5, 0.6) is 0 Å². The second-order valence-electron chi connectivity index (χ2n) is 11.3. The van der Waals surface area contributed by atoms with E-state index >= 15 is 0 Å². The molecule has 3 rings (SSSR count). The van der Waals surface area contributed by atoms with Gasteiger partial charge in [0.05, 0.1) is 11.9 Å². The van der Waals surface area contributed by atoms with E-state index in [-0.39, 0.29) is 49.5 Å². The van der Waals surface area contributed by atoms with Gasteiger partial charge in [-0.15, -0.1) is 0 Å². The molecule has 0 radical (unpaired) electrons. The van der Waals surface area contributed by atoms with E-state index in [1.807, 2.05) is 76.2 Å². The van der Waals surface area contributed by atoms with E-state index in [0.29, 0.717) is 24.2 Å². The van der Waals surface area contributed by atoms with Gasteiger partial charge in [0.15, 0.2) is 0 Å². The number of halogens is 1. The molecule has 0 aliphatic rings. The predicted octanol–water partition coefficient (Wildman–Crippen LogP) is 5.40. The van der Waals surface area contributed by atoms with Gasteiger partial charge < -0.3 is 10.2 Å². The highest BCUT2D eigenvalue weighted by molar-refractivity contribution is 7.92. The maximum Gasteiger partial charge on any atom is 0.243 e. The van der Waals surface area contributed by atoms with E-state index in [2.05, 4.69) is 5.32 Å². The summed E-state index contributed by atoms with van der Waals surface area (Å²) in [6, 6.07) is 20.1. The van der Waals surface area contributed by atoms with Crippen LogP contribution in [0.1, 0.15) is 48.9 Å². The van der Waals surface area contributed by atoms with Crippen molar-refractivity contribution in [3.63, 3.8) is 0 Å². The fraction of sp³-hybridized carbons (Fsp3) is 0.394. The van der Waals surface area contributed by atoms with Gasteiger partial charge in [-0.25, -0.2) is 12.8 Å². The SMILES string of the molecule is Cc1cc(C)cc(N(CCCC(=O)N(Cc2ccc(F)cc2)C(Cc2ccccc2)C(=O)NCC(C)C)S(C)(=O)=O)c1. The van der Waals surface area contributed by atoms with Gasteiger partial charge in [-0.3, -0.25) is 13.9 Å². The lowest BCUT2D eigenvalue weighted by Crippen LogP contribution is -2.51. The quantitative estimate of drug-likeness (QED) is 0.270. The number of sulfonamides is 1. The number of carbonyl (C=O) groups is 2. The van der Waals surface area contributed by atoms with Crippen molar-refractivity contribution in [1.29, 1.82) is 0 Å². The molecule has 1 unspecified atom stereocenters. The van der Waals surface area contributed by atoms with Gasteiger partial charge in [-0.2, -0.15) is 0 Å². The van der Waals surface area contributed by atoms with Crippen molar-refractivity contribution in [3.8, 4) is 0 Å². The lowest BCUT2D eigenvalue weighted by molar-refractivity contribution is -0.141. The third kappa shape index (κ3) is 9.98. The number of carbonyl (C=O) groups excluding carboxylic acids is 2. The van der Waals surface area contributed by atoms with Crippen molar-refractivity contribution in [3.05, 3.63) is 101 Å². The summed E-state index contributed by atoms with van der Waals surface area (Å²) in [5.74, 6) is -0.718. The third-order valence-corrected chi connectivity index (χ3v) is 8.06. The number of nitrogens with one attached hydrogen (secondary N) is 1. The summed E-state index contributed by atoms with van der Waals surface area (Å²) in [7, 11) is -3.60. The average Bonchev–Trinajstić information content (AvgIpc) is 2.91. The highest BCUT2D eigenvalue weighted by atomic mass is 32.2. The fourth-order valence-electron chi connectivity index (χ4n) is 4.86. The van der Waals surface area contributed by atoms with Crippen molar-refractivity contribution in [2.75, 3.05) is 23.7 Å². The van der Waals surface area contributed by atoms with E-state index in [4.69, 9.17) is 0 Å². The Kier molecular flexibility index (Phi) is 11.7. The van der Waals surface area contributed by atoms with Gasteiger partial charge in [-0.05, 0) is 72.7 Å². The molecule has 9 heteroatoms. The van der Waals surface area contributed by atoms with E-state index < -0.39 is 16.1 Å². The molecule has 3 aromatic rings. The number of nitrogens with zero attached hydrogens (tertiary/aromatic N) is 2. The van der Waals surface area contributed by atoms with Gasteiger partial charge in [0.1, 0.15) is 11.9 Å². The first-order valence-electron chi connectivity index (χ1n) is 14.2. The van der Waals surface area contributed by atoms with Crippen LogP contribution < -0.4 is 9.62 Å². The van der Waals surface area contributed by atoms with Gasteiger partial charge in [0.2, 0.25) is 21.8 Å². The number of benzene rings is 3. The Bertz CT molecular complexity index is 1420. The minimum atomic E-state index is -3.60. The first-order valence-corrected chi connectivity index (χ1v) is 16.1. The number of anilines is 1. The first-order chi connectivity index (χ1) is 19.8. The summed E-state index contributed by atoms with van der Waals surface area (Å²) in [4.78, 5) is 29.0. The molecule has 0 aromatic heterocycles. The molecule has 7 nitrogen and oxygen atoms in total. The maximum atomic E-state index is 13.9. The Labute approximate surface area is 249 Å². The van der Waals surface area contributed by atoms with Crippen LogP contribution in [-0.2, 0) is 32.6 Å². The molecule has 0 saturated carbocycles. The first kappa shape index (κ1) is 32.8. The minimum Gasteiger partial charge on any atom is -0.354 e. The minimum absolute atomic E-state index is 0.0285. The van der Waals surface area contributed by atoms with E-state index in [0.717, 1.165) is 22.9 Å². The second kappa shape index (κ2) is 15.0. The lowest BCUT2D eigenvalue weighted by atomic mass is 10.0. The highest BCUT2D eigenvalue weighted by Crippen LogP contribution is 2.23. The zero-order chi connectivity index (χ0) is 30.9. The molecular weight excluding hydrogens is 553 g/mol. The van der Waals surface area contributed by atoms with Gasteiger partial charge in [0, 0.05) is 32.5 Å². The van der Waals surface area contributed by atoms with Crippen molar-refractivity contribution in [2.24, 2.45) is 5.92 Å². The Morgan fingerprint density at radius 2 is 1.52 bits per heavy atom. The molecule has 42 heavy (non-hydrogen) atoms. The summed E-state index contributed by atoms with van der Waals surface area (Å²) in [5.41, 5.74) is 4.03. The average molecular weight is 596 g/mol. The van der Waals surface area contributed by atoms with Crippen LogP contribution in [0.15, 0.2) is 72.8 Å². The zero-order valence-electron chi connectivity index (χ0n) is 25.1. The molecule has 0 heterocycles. The Morgan fingerprint density at radius 3 is 2.10 bits per heavy atom. The molecule has 3 aromatic carbocycles. The Morgan fingerprint density at radius 1 is 0.905 bits per heavy atom. The van der Waals surface area contributed by atoms with Crippen LogP contribution >= 0.6 is 0 Å². The molecular formula is C33H42FN3O4S. The van der Waals surface area contributed by atoms with Gasteiger partial charge in [-0.1, -0.05) is 62.4 Å². The van der Waals surface area contributed by atoms with Crippen LogP contribution in [-0.4, -0.2) is 50.5 Å². The number of hydrogen-bond donors (Lipinski definition) is 1. The number of rotatable bonds is 14. The summed E-state index contributed by atoms with van der Waals surface area (Å²) >= 11 is 0. The van der Waals surface area contributed by atoms with Crippen molar-refractivity contribution in [2.45, 2.75) is 59.5 Å². The smallest absolute Gasteiger partial charge is 0.243 e. The highest BCUT2D eigenvalue weighted by Gasteiger charge is 2.30. The van der Waals surface area contributed by atoms with Gasteiger partial charge >= 0.3 is 0 Å². The van der Waals surface area contributed by atoms with Crippen LogP contribution in [0.4, 0.5) is 10.1 Å². The van der Waals surface area contributed by atoms with Crippen LogP contribution in [0.25, 0.3) is 0 Å². The largest absolute Gasteiger partial charge is 0.354 e. The van der Waals surface area contributed by atoms with Crippen molar-refractivity contribution in [1.82, 2.24) is 10.2 Å². The molecule has 2 amide bonds. The lowest BCUT2D eigenvalue weighted by Gasteiger charge is -2.32. The second-order valence-corrected chi connectivity index (χ2v) is 13.2. The molecule has 0 aliphatic carbocycles. The molecule has 0 bridgehead atoms. The summed E-state index contributed by atoms with van der Waals surface area (Å²) in [5, 5.41) is 2.98. The van der Waals surface area contributed by atoms with Crippen LogP contribution in [0, 0.1) is 25.6 Å². The normalized spacial score (nSPS) is 12.2. The molecule has 1 N–H and O–H groups in total. The molecule has 1 atom stereocenters. The van der Waals surface area contributed by atoms with Crippen molar-refractivity contribution >= 4 is 27.5 Å². The fourth-order valence-corrected chi connectivity index (χ4v) is 5.81. The predicted molar refractivity (Wildman–Crippen MR) is 166 cm³/mol. The molecule has 0 saturated heterocycles. The third-order valence-electron chi connectivity index (χ3n) is 6.87.